The van der Waals surface area contributed by atoms with Gasteiger partial charge in [-0.25, -0.2) is 17.9 Å². The van der Waals surface area contributed by atoms with Gasteiger partial charge in [-0.15, -0.1) is 0 Å². The van der Waals surface area contributed by atoms with Crippen LogP contribution >= 0.6 is 0 Å². The van der Waals surface area contributed by atoms with E-state index in [1.807, 2.05) is 0 Å². The summed E-state index contributed by atoms with van der Waals surface area (Å²) >= 11 is 0. The van der Waals surface area contributed by atoms with Gasteiger partial charge in [0, 0.05) is 19.6 Å². The topological polar surface area (TPSA) is 105 Å². The SMILES string of the molecule is O=c1[nH]c2cc(S(=O)(=O)NCCCN3CCOCC3)ccc2o1. The van der Waals surface area contributed by atoms with Crippen LogP contribution in [-0.4, -0.2) is 57.7 Å². The molecule has 23 heavy (non-hydrogen) atoms. The molecule has 126 valence electrons. The van der Waals surface area contributed by atoms with Crippen molar-refractivity contribution in [3.05, 3.63) is 28.7 Å². The molecule has 0 atom stereocenters. The van der Waals surface area contributed by atoms with Gasteiger partial charge < -0.3 is 9.15 Å². The predicted molar refractivity (Wildman–Crippen MR) is 83.9 cm³/mol. The van der Waals surface area contributed by atoms with Crippen molar-refractivity contribution in [1.29, 1.82) is 0 Å². The first-order valence-corrected chi connectivity index (χ1v) is 8.95. The third-order valence-electron chi connectivity index (χ3n) is 3.75. The second-order valence-corrected chi connectivity index (χ2v) is 7.14. The average Bonchev–Trinajstić information content (AvgIpc) is 2.92. The van der Waals surface area contributed by atoms with Gasteiger partial charge in [0.05, 0.1) is 23.6 Å². The Hall–Kier alpha value is -1.68. The summed E-state index contributed by atoms with van der Waals surface area (Å²) in [4.78, 5) is 15.9. The second-order valence-electron chi connectivity index (χ2n) is 5.38. The molecule has 0 radical (unpaired) electrons. The molecule has 0 spiro atoms. The molecule has 1 saturated heterocycles. The van der Waals surface area contributed by atoms with Crippen LogP contribution in [0.4, 0.5) is 0 Å². The van der Waals surface area contributed by atoms with Gasteiger partial charge in [-0.2, -0.15) is 0 Å². The number of hydrogen-bond acceptors (Lipinski definition) is 6. The Morgan fingerprint density at radius 2 is 2.04 bits per heavy atom. The third kappa shape index (κ3) is 3.99. The maximum Gasteiger partial charge on any atom is 0.417 e. The first-order chi connectivity index (χ1) is 11.0. The minimum absolute atomic E-state index is 0.105. The Bertz CT molecular complexity index is 820. The van der Waals surface area contributed by atoms with Gasteiger partial charge in [-0.05, 0) is 31.2 Å². The van der Waals surface area contributed by atoms with E-state index in [9.17, 15) is 13.2 Å². The molecule has 1 aromatic carbocycles. The molecule has 2 heterocycles. The van der Waals surface area contributed by atoms with Gasteiger partial charge in [0.25, 0.3) is 0 Å². The fourth-order valence-electron chi connectivity index (χ4n) is 2.52. The van der Waals surface area contributed by atoms with Crippen molar-refractivity contribution < 1.29 is 17.6 Å². The molecule has 1 fully saturated rings. The Balaban J connectivity index is 1.57. The standard InChI is InChI=1S/C14H19N3O5S/c18-14-16-12-10-11(2-3-13(12)22-14)23(19,20)15-4-1-5-17-6-8-21-9-7-17/h2-3,10,15H,1,4-9H2,(H,16,18). The highest BCUT2D eigenvalue weighted by molar-refractivity contribution is 7.89. The van der Waals surface area contributed by atoms with Crippen LogP contribution in [0.3, 0.4) is 0 Å². The van der Waals surface area contributed by atoms with Gasteiger partial charge in [0.15, 0.2) is 5.58 Å². The van der Waals surface area contributed by atoms with E-state index in [0.29, 0.717) is 17.6 Å². The summed E-state index contributed by atoms with van der Waals surface area (Å²) in [5.41, 5.74) is 0.701. The molecule has 8 nitrogen and oxygen atoms in total. The molecular formula is C14H19N3O5S. The number of fused-ring (bicyclic) bond motifs is 1. The van der Waals surface area contributed by atoms with E-state index in [-0.39, 0.29) is 4.90 Å². The molecule has 2 aromatic rings. The van der Waals surface area contributed by atoms with Crippen LogP contribution in [0.25, 0.3) is 11.1 Å². The number of aromatic nitrogens is 1. The van der Waals surface area contributed by atoms with Crippen molar-refractivity contribution in [1.82, 2.24) is 14.6 Å². The highest BCUT2D eigenvalue weighted by Gasteiger charge is 2.16. The second kappa shape index (κ2) is 6.83. The largest absolute Gasteiger partial charge is 0.417 e. The van der Waals surface area contributed by atoms with Crippen LogP contribution in [0.1, 0.15) is 6.42 Å². The molecule has 0 aliphatic carbocycles. The zero-order valence-corrected chi connectivity index (χ0v) is 13.4. The van der Waals surface area contributed by atoms with Crippen molar-refractivity contribution >= 4 is 21.1 Å². The van der Waals surface area contributed by atoms with Gasteiger partial charge in [-0.3, -0.25) is 9.88 Å². The van der Waals surface area contributed by atoms with E-state index in [1.54, 1.807) is 0 Å². The minimum atomic E-state index is -3.60. The number of hydrogen-bond donors (Lipinski definition) is 2. The number of H-pyrrole nitrogens is 1. The van der Waals surface area contributed by atoms with Crippen LogP contribution in [0, 0.1) is 0 Å². The summed E-state index contributed by atoms with van der Waals surface area (Å²) < 4.78 is 37.2. The zero-order chi connectivity index (χ0) is 16.3. The van der Waals surface area contributed by atoms with Gasteiger partial charge in [0.2, 0.25) is 10.0 Å². The normalized spacial score (nSPS) is 16.9. The zero-order valence-electron chi connectivity index (χ0n) is 12.6. The molecule has 3 rings (SSSR count). The van der Waals surface area contributed by atoms with Crippen molar-refractivity contribution in [2.75, 3.05) is 39.4 Å². The Kier molecular flexibility index (Phi) is 4.81. The molecule has 9 heteroatoms. The molecule has 0 amide bonds. The molecule has 1 aromatic heterocycles. The van der Waals surface area contributed by atoms with E-state index in [0.717, 1.165) is 39.3 Å². The predicted octanol–water partition coefficient (Wildman–Crippen LogP) is 0.122. The van der Waals surface area contributed by atoms with E-state index in [4.69, 9.17) is 9.15 Å². The lowest BCUT2D eigenvalue weighted by Gasteiger charge is -2.26. The molecule has 0 unspecified atom stereocenters. The molecule has 0 bridgehead atoms. The van der Waals surface area contributed by atoms with Crippen molar-refractivity contribution in [2.24, 2.45) is 0 Å². The highest BCUT2D eigenvalue weighted by Crippen LogP contribution is 2.16. The minimum Gasteiger partial charge on any atom is -0.408 e. The molecule has 1 aliphatic rings. The summed E-state index contributed by atoms with van der Waals surface area (Å²) in [7, 11) is -3.60. The smallest absolute Gasteiger partial charge is 0.408 e. The first kappa shape index (κ1) is 16.2. The fraction of sp³-hybridized carbons (Fsp3) is 0.500. The van der Waals surface area contributed by atoms with Crippen molar-refractivity contribution in [3.8, 4) is 0 Å². The lowest BCUT2D eigenvalue weighted by atomic mass is 10.3. The van der Waals surface area contributed by atoms with Gasteiger partial charge in [-0.1, -0.05) is 0 Å². The quantitative estimate of drug-likeness (QED) is 0.723. The number of nitrogens with zero attached hydrogens (tertiary/aromatic N) is 1. The van der Waals surface area contributed by atoms with Crippen molar-refractivity contribution in [2.45, 2.75) is 11.3 Å². The van der Waals surface area contributed by atoms with E-state index >= 15 is 0 Å². The van der Waals surface area contributed by atoms with Crippen LogP contribution in [0.5, 0.6) is 0 Å². The van der Waals surface area contributed by atoms with Crippen LogP contribution in [0.15, 0.2) is 32.3 Å². The summed E-state index contributed by atoms with van der Waals surface area (Å²) in [6, 6.07) is 4.28. The highest BCUT2D eigenvalue weighted by atomic mass is 32.2. The number of oxazole rings is 1. The number of aromatic amines is 1. The summed E-state index contributed by atoms with van der Waals surface area (Å²) in [5.74, 6) is -0.604. The summed E-state index contributed by atoms with van der Waals surface area (Å²) in [6.07, 6.45) is 0.726. The Morgan fingerprint density at radius 1 is 1.26 bits per heavy atom. The van der Waals surface area contributed by atoms with Gasteiger partial charge in [0.1, 0.15) is 0 Å². The third-order valence-corrected chi connectivity index (χ3v) is 5.21. The number of ether oxygens (including phenoxy) is 1. The lowest BCUT2D eigenvalue weighted by Crippen LogP contribution is -2.38. The number of nitrogens with one attached hydrogen (secondary N) is 2. The number of morpholine rings is 1. The van der Waals surface area contributed by atoms with Crippen molar-refractivity contribution in [3.63, 3.8) is 0 Å². The number of sulfonamides is 1. The maximum absolute atomic E-state index is 12.3. The van der Waals surface area contributed by atoms with Crippen LogP contribution < -0.4 is 10.5 Å². The van der Waals surface area contributed by atoms with E-state index in [2.05, 4.69) is 14.6 Å². The fourth-order valence-corrected chi connectivity index (χ4v) is 3.62. The first-order valence-electron chi connectivity index (χ1n) is 7.47. The molecular weight excluding hydrogens is 322 g/mol. The van der Waals surface area contributed by atoms with Crippen LogP contribution in [-0.2, 0) is 14.8 Å². The summed E-state index contributed by atoms with van der Waals surface area (Å²) in [5, 5.41) is 0. The molecule has 0 saturated carbocycles. The van der Waals surface area contributed by atoms with E-state index < -0.39 is 15.8 Å². The van der Waals surface area contributed by atoms with E-state index in [1.165, 1.54) is 18.2 Å². The summed E-state index contributed by atoms with van der Waals surface area (Å²) in [6.45, 7) is 4.43. The maximum atomic E-state index is 12.3. The lowest BCUT2D eigenvalue weighted by molar-refractivity contribution is 0.0376. The van der Waals surface area contributed by atoms with Crippen LogP contribution in [0.2, 0.25) is 0 Å². The number of rotatable bonds is 6. The Morgan fingerprint density at radius 3 is 2.83 bits per heavy atom. The number of benzene rings is 1. The Labute approximate surface area is 133 Å². The molecule has 2 N–H and O–H groups in total. The average molecular weight is 341 g/mol. The van der Waals surface area contributed by atoms with Gasteiger partial charge >= 0.3 is 5.76 Å². The monoisotopic (exact) mass is 341 g/mol. The molecule has 1 aliphatic heterocycles.